The van der Waals surface area contributed by atoms with Crippen molar-refractivity contribution in [2.24, 2.45) is 0 Å². The number of amides is 2. The van der Waals surface area contributed by atoms with E-state index in [0.717, 1.165) is 53.6 Å². The zero-order chi connectivity index (χ0) is 67.2. The molecule has 0 spiro atoms. The van der Waals surface area contributed by atoms with Gasteiger partial charge in [-0.1, -0.05) is 7.43 Å². The summed E-state index contributed by atoms with van der Waals surface area (Å²) in [7, 11) is -6.12. The Balaban J connectivity index is -0.000000509. The molecule has 12 N–H and O–H groups in total. The fourth-order valence-electron chi connectivity index (χ4n) is 5.96. The van der Waals surface area contributed by atoms with Gasteiger partial charge in [0.05, 0.1) is 52.8 Å². The summed E-state index contributed by atoms with van der Waals surface area (Å²) in [6.07, 6.45) is 13.6. The number of nitrogen functional groups attached to an aromatic ring is 5. The van der Waals surface area contributed by atoms with Crippen LogP contribution in [0.25, 0.3) is 11.1 Å². The van der Waals surface area contributed by atoms with Crippen LogP contribution in [0.15, 0.2) is 99.1 Å². The predicted molar refractivity (Wildman–Crippen MR) is 355 cm³/mol. The third kappa shape index (κ3) is 35.2. The molecule has 6 aromatic rings. The first-order chi connectivity index (χ1) is 39.7. The minimum Gasteiger partial charge on any atom is -1.00 e. The number of aromatic nitrogens is 6. The molecule has 1 aliphatic rings. The quantitative estimate of drug-likeness (QED) is 0.0258. The Morgan fingerprint density at radius 1 is 0.644 bits per heavy atom. The maximum atomic E-state index is 11.7. The molecule has 0 atom stereocenters. The van der Waals surface area contributed by atoms with Crippen molar-refractivity contribution in [3.8, 4) is 11.1 Å². The number of sulfonamides is 2. The molecule has 90 heavy (non-hydrogen) atoms. The fourth-order valence-corrected chi connectivity index (χ4v) is 8.81. The van der Waals surface area contributed by atoms with E-state index < -0.39 is 46.1 Å². The van der Waals surface area contributed by atoms with Gasteiger partial charge in [-0.25, -0.2) is 63.6 Å². The number of carbonyl (C=O) groups excluding carboxylic acids is 3. The number of nitrogens with one attached hydrogen (secondary N) is 2. The molecule has 0 bridgehead atoms. The van der Waals surface area contributed by atoms with Gasteiger partial charge < -0.3 is 60.2 Å². The first-order valence-electron chi connectivity index (χ1n) is 23.9. The molecule has 2 amide bonds. The average Bonchev–Trinajstić information content (AvgIpc) is 1.73. The summed E-state index contributed by atoms with van der Waals surface area (Å²) < 4.78 is 103. The van der Waals surface area contributed by atoms with Crippen LogP contribution in [0.1, 0.15) is 56.0 Å². The molecular weight excluding hydrogens is 1530 g/mol. The van der Waals surface area contributed by atoms with Crippen LogP contribution in [-0.2, 0) is 73.3 Å². The van der Waals surface area contributed by atoms with Crippen LogP contribution in [0.5, 0.6) is 0 Å². The van der Waals surface area contributed by atoms with Crippen molar-refractivity contribution in [3.63, 3.8) is 0 Å². The van der Waals surface area contributed by atoms with Gasteiger partial charge in [0.15, 0.2) is 9.84 Å². The molecule has 0 radical (unpaired) electrons. The topological polar surface area (TPSA) is 476 Å². The van der Waals surface area contributed by atoms with E-state index in [1.807, 2.05) is 33.8 Å². The number of hydrogen-bond acceptors (Lipinski definition) is 26. The fraction of sp³-hybridized carbons (Fsp3) is 0.327. The van der Waals surface area contributed by atoms with E-state index in [2.05, 4.69) is 104 Å². The summed E-state index contributed by atoms with van der Waals surface area (Å²) in [6, 6.07) is 13.6. The zero-order valence-electron chi connectivity index (χ0n) is 51.7. The van der Waals surface area contributed by atoms with Gasteiger partial charge >= 0.3 is 110 Å². The van der Waals surface area contributed by atoms with E-state index in [1.165, 1.54) is 52.7 Å². The molecule has 41 heteroatoms. The Kier molecular flexibility index (Phi) is 41.2. The van der Waals surface area contributed by atoms with Gasteiger partial charge in [-0.2, -0.15) is 0 Å². The molecule has 1 saturated heterocycles. The van der Waals surface area contributed by atoms with E-state index >= 15 is 0 Å². The second-order valence-corrected chi connectivity index (χ2v) is 30.7. The minimum absolute atomic E-state index is 0. The summed E-state index contributed by atoms with van der Waals surface area (Å²) in [5.41, 5.74) is 30.7. The molecule has 1 fully saturated rings. The maximum Gasteiger partial charge on any atom is 1.00 e. The van der Waals surface area contributed by atoms with Gasteiger partial charge in [-0.15, -0.1) is 0 Å². The van der Waals surface area contributed by atoms with Crippen LogP contribution in [-0.4, -0.2) is 139 Å². The molecular formula is C49H70BBr3ClK2N15O15S4. The normalized spacial score (nSPS) is 12.4. The number of anilines is 9. The largest absolute Gasteiger partial charge is 1.00 e. The molecule has 7 rings (SSSR count). The molecule has 6 aromatic heterocycles. The van der Waals surface area contributed by atoms with Gasteiger partial charge in [-0.05, 0) is 135 Å². The number of carbonyl (C=O) groups is 3. The van der Waals surface area contributed by atoms with Crippen LogP contribution >= 0.6 is 58.5 Å². The second-order valence-electron chi connectivity index (χ2n) is 18.8. The van der Waals surface area contributed by atoms with Gasteiger partial charge in [0, 0.05) is 107 Å². The Labute approximate surface area is 641 Å². The van der Waals surface area contributed by atoms with Crippen molar-refractivity contribution in [1.29, 1.82) is 0 Å². The van der Waals surface area contributed by atoms with Crippen molar-refractivity contribution >= 4 is 180 Å². The number of sulfone groups is 1. The van der Waals surface area contributed by atoms with E-state index in [0.29, 0.717) is 44.4 Å². The van der Waals surface area contributed by atoms with Crippen molar-refractivity contribution in [1.82, 2.24) is 29.9 Å². The summed E-state index contributed by atoms with van der Waals surface area (Å²) in [5, 5.41) is 13.7. The summed E-state index contributed by atoms with van der Waals surface area (Å²) in [6.45, 7) is 10.7. The van der Waals surface area contributed by atoms with Gasteiger partial charge in [0.1, 0.15) is 34.9 Å². The van der Waals surface area contributed by atoms with Crippen molar-refractivity contribution in [2.75, 3.05) is 87.0 Å². The van der Waals surface area contributed by atoms with Crippen molar-refractivity contribution in [2.45, 2.75) is 65.9 Å². The predicted octanol–water partition coefficient (Wildman–Crippen LogP) is -1.40. The third-order valence-electron chi connectivity index (χ3n) is 10.8. The number of nitrogens with zero attached hydrogens (tertiary/aromatic N) is 8. The van der Waals surface area contributed by atoms with E-state index in [4.69, 9.17) is 48.0 Å². The van der Waals surface area contributed by atoms with E-state index in [-0.39, 0.29) is 170 Å². The van der Waals surface area contributed by atoms with E-state index in [1.54, 1.807) is 54.9 Å². The Morgan fingerprint density at radius 3 is 1.42 bits per heavy atom. The molecule has 7 heterocycles. The third-order valence-corrected chi connectivity index (χ3v) is 15.3. The first-order valence-corrected chi connectivity index (χ1v) is 34.8. The summed E-state index contributed by atoms with van der Waals surface area (Å²) >= 11 is 9.58. The van der Waals surface area contributed by atoms with Crippen LogP contribution in [0.3, 0.4) is 0 Å². The first kappa shape index (κ1) is 90.9. The zero-order valence-corrected chi connectivity index (χ0v) is 65.7. The molecule has 1 aliphatic heterocycles. The number of pyridine rings is 6. The van der Waals surface area contributed by atoms with Crippen LogP contribution in [0.2, 0.25) is 0 Å². The van der Waals surface area contributed by atoms with Crippen LogP contribution in [0, 0.1) is 0 Å². The smallest absolute Gasteiger partial charge is 1.00 e. The van der Waals surface area contributed by atoms with Gasteiger partial charge in [-0.3, -0.25) is 23.0 Å². The maximum absolute atomic E-state index is 11.7. The second kappa shape index (κ2) is 40.8. The molecule has 0 unspecified atom stereocenters. The van der Waals surface area contributed by atoms with Gasteiger partial charge in [0.2, 0.25) is 40.9 Å². The SMILES string of the molecule is C.CC(=O)Nc1cc(-c2cnc(N)c(N(C)S(C)(=O)=O)c2)ccn1.CC(=O)Nc1cc(B2OC(C)(C)C(C)(C)O2)ccn1.CN(c1cc(Br)cnc1N)S(C)(=O)=O.CS(=O)(=O)Cc1cc(Br)cnc1N.CS(=O)(=O)Cl.Nc1cc(Br)cnc1N.O=CO[O-].[H-].[K+].[K+]. The number of hydrogen-bond donors (Lipinski definition) is 7. The molecule has 0 aromatic carbocycles. The Bertz CT molecular complexity index is 3810. The summed E-state index contributed by atoms with van der Waals surface area (Å²) in [4.78, 5) is 57.0. The van der Waals surface area contributed by atoms with E-state index in [9.17, 15) is 43.3 Å². The van der Waals surface area contributed by atoms with Crippen molar-refractivity contribution < 1.29 is 172 Å². The van der Waals surface area contributed by atoms with Crippen LogP contribution in [0.4, 0.5) is 52.0 Å². The molecule has 30 nitrogen and oxygen atoms in total. The average molecular weight is 1600 g/mol. The summed E-state index contributed by atoms with van der Waals surface area (Å²) in [5.74, 6) is 1.35. The van der Waals surface area contributed by atoms with Gasteiger partial charge in [0.25, 0.3) is 6.47 Å². The number of halogens is 4. The minimum atomic E-state index is -3.46. The number of nitrogens with two attached hydrogens (primary N) is 5. The molecule has 488 valence electrons. The Hall–Kier alpha value is -3.34. The molecule has 0 aliphatic carbocycles. The molecule has 0 saturated carbocycles. The van der Waals surface area contributed by atoms with Crippen LogP contribution < -0.4 is 161 Å². The Morgan fingerprint density at radius 2 is 1.02 bits per heavy atom. The monoisotopic (exact) mass is 1600 g/mol. The van der Waals surface area contributed by atoms with Crippen molar-refractivity contribution in [3.05, 3.63) is 105 Å². The number of rotatable bonds is 11. The standard InChI is InChI=1S/C14H17N5O3S.C13H19BN2O3.C7H10BrN3O2S.C7H9BrN2O2S.C5H6BrN3.CH3ClO2S.CH2O3.CH4.2K.H/c1-9(20)18-13-7-10(4-5-16-13)11-6-12(14(15)17-8-11)19(2)23(3,21)22;1-9(17)16-11-8-10(6-7-15-11)14-18-12(2,3)13(4,5)19-14;1-11(14(2,12)13)6-3-5(8)4-10-7(6)9;1-13(11,12)4-5-2-6(8)3-10-7(5)9;6-3-1-4(7)5(8)9-2-3;1-5(2,3)4;2-1-4-3;;;;/h4-8H,1-3H3,(H2,15,17)(H,16,18,20);6-8H,1-5H3,(H,15,16,17);3-4H,1-2H3,(H2,9,10);2-3H,4H2,1H3,(H2,9,10);1-2H,7H2,(H2,8,9);1H3;1,3H;1H4;;;/q;;;;;;;;2*+1;-1/p-1.